The van der Waals surface area contributed by atoms with Crippen LogP contribution in [0.1, 0.15) is 19.4 Å². The lowest BCUT2D eigenvalue weighted by atomic mass is 10.2. The molecule has 1 aliphatic heterocycles. The first kappa shape index (κ1) is 25.4. The number of nitro groups is 1. The first-order valence-electron chi connectivity index (χ1n) is 9.45. The van der Waals surface area contributed by atoms with Gasteiger partial charge in [-0.2, -0.15) is 13.4 Å². The maximum Gasteiger partial charge on any atom is 0.339 e. The van der Waals surface area contributed by atoms with Crippen molar-refractivity contribution in [3.8, 4) is 11.5 Å². The molecule has 2 amide bonds. The molecule has 1 heterocycles. The van der Waals surface area contributed by atoms with Crippen molar-refractivity contribution in [2.45, 2.75) is 18.7 Å². The highest BCUT2D eigenvalue weighted by molar-refractivity contribution is 9.10. The molecule has 0 fully saturated rings. The molecule has 178 valence electrons. The van der Waals surface area contributed by atoms with Crippen LogP contribution in [0.2, 0.25) is 0 Å². The van der Waals surface area contributed by atoms with E-state index >= 15 is 0 Å². The van der Waals surface area contributed by atoms with E-state index in [9.17, 15) is 28.1 Å². The number of nitro benzene ring substituents is 1. The number of hydrogen-bond acceptors (Lipinski definition) is 9. The average molecular weight is 570 g/mol. The minimum atomic E-state index is -4.35. The summed E-state index contributed by atoms with van der Waals surface area (Å²) in [5.41, 5.74) is 0.211. The highest BCUT2D eigenvalue weighted by atomic mass is 79.9. The number of rotatable bonds is 7. The van der Waals surface area contributed by atoms with Gasteiger partial charge < -0.3 is 14.2 Å². The van der Waals surface area contributed by atoms with Crippen LogP contribution in [0.25, 0.3) is 6.08 Å². The molecule has 2 aromatic carbocycles. The SMILES string of the molecule is CCOc1cc(C=C2SC(NC(C)=O)=NC2=O)cc(Br)c1OS(=O)(=O)c1ccc([N+](=O)[O-])cc1. The van der Waals surface area contributed by atoms with Crippen molar-refractivity contribution in [3.05, 3.63) is 61.5 Å². The van der Waals surface area contributed by atoms with E-state index in [1.807, 2.05) is 0 Å². The molecule has 14 heteroatoms. The molecule has 1 N–H and O–H groups in total. The van der Waals surface area contributed by atoms with Crippen LogP contribution in [-0.4, -0.2) is 36.9 Å². The van der Waals surface area contributed by atoms with Crippen LogP contribution in [0.5, 0.6) is 11.5 Å². The molecule has 34 heavy (non-hydrogen) atoms. The summed E-state index contributed by atoms with van der Waals surface area (Å²) in [5, 5.41) is 13.4. The number of aliphatic imine (C=N–C) groups is 1. The van der Waals surface area contributed by atoms with Gasteiger partial charge >= 0.3 is 10.1 Å². The lowest BCUT2D eigenvalue weighted by Crippen LogP contribution is -2.23. The van der Waals surface area contributed by atoms with Crippen molar-refractivity contribution in [3.63, 3.8) is 0 Å². The molecule has 0 atom stereocenters. The van der Waals surface area contributed by atoms with Crippen molar-refractivity contribution in [1.82, 2.24) is 5.32 Å². The largest absolute Gasteiger partial charge is 0.490 e. The number of halogens is 1. The summed E-state index contributed by atoms with van der Waals surface area (Å²) in [5.74, 6) is -0.961. The number of benzene rings is 2. The summed E-state index contributed by atoms with van der Waals surface area (Å²) in [6, 6.07) is 7.23. The maximum atomic E-state index is 12.7. The van der Waals surface area contributed by atoms with Gasteiger partial charge in [-0.1, -0.05) is 0 Å². The molecule has 0 radical (unpaired) electrons. The summed E-state index contributed by atoms with van der Waals surface area (Å²) in [4.78, 5) is 37.2. The van der Waals surface area contributed by atoms with E-state index < -0.39 is 20.9 Å². The van der Waals surface area contributed by atoms with E-state index in [0.717, 1.165) is 36.0 Å². The smallest absolute Gasteiger partial charge is 0.339 e. The molecule has 0 bridgehead atoms. The summed E-state index contributed by atoms with van der Waals surface area (Å²) >= 11 is 4.25. The van der Waals surface area contributed by atoms with Gasteiger partial charge in [-0.15, -0.1) is 0 Å². The molecule has 0 saturated heterocycles. The number of nitrogens with one attached hydrogen (secondary N) is 1. The first-order chi connectivity index (χ1) is 16.0. The topological polar surface area (TPSA) is 154 Å². The molecule has 1 aliphatic rings. The van der Waals surface area contributed by atoms with Crippen LogP contribution in [0.4, 0.5) is 5.69 Å². The Kier molecular flexibility index (Phi) is 7.74. The van der Waals surface area contributed by atoms with Crippen molar-refractivity contribution >= 4 is 66.6 Å². The predicted molar refractivity (Wildman–Crippen MR) is 128 cm³/mol. The highest BCUT2D eigenvalue weighted by Crippen LogP contribution is 2.40. The Balaban J connectivity index is 1.92. The van der Waals surface area contributed by atoms with E-state index in [1.54, 1.807) is 6.92 Å². The minimum Gasteiger partial charge on any atom is -0.490 e. The van der Waals surface area contributed by atoms with Gasteiger partial charge in [0.15, 0.2) is 16.7 Å². The number of nitrogens with zero attached hydrogens (tertiary/aromatic N) is 2. The van der Waals surface area contributed by atoms with Crippen LogP contribution >= 0.6 is 27.7 Å². The van der Waals surface area contributed by atoms with Gasteiger partial charge in [0.25, 0.3) is 11.6 Å². The third-order valence-corrected chi connectivity index (χ3v) is 6.79. The molecular formula is C20H16BrN3O8S2. The molecule has 0 unspecified atom stereocenters. The zero-order valence-electron chi connectivity index (χ0n) is 17.6. The van der Waals surface area contributed by atoms with Gasteiger partial charge in [0.1, 0.15) is 4.90 Å². The molecule has 3 rings (SSSR count). The van der Waals surface area contributed by atoms with Crippen LogP contribution < -0.4 is 14.2 Å². The van der Waals surface area contributed by atoms with E-state index in [0.29, 0.717) is 5.56 Å². The van der Waals surface area contributed by atoms with E-state index in [4.69, 9.17) is 8.92 Å². The molecule has 0 aliphatic carbocycles. The number of non-ortho nitro benzene ring substituents is 1. The van der Waals surface area contributed by atoms with E-state index in [-0.39, 0.29) is 49.1 Å². The van der Waals surface area contributed by atoms with Crippen LogP contribution in [0, 0.1) is 10.1 Å². The average Bonchev–Trinajstić information content (AvgIpc) is 3.08. The summed E-state index contributed by atoms with van der Waals surface area (Å²) in [6.45, 7) is 3.17. The third-order valence-electron chi connectivity index (χ3n) is 4.06. The second kappa shape index (κ2) is 10.4. The quantitative estimate of drug-likeness (QED) is 0.227. The van der Waals surface area contributed by atoms with Gasteiger partial charge in [-0.05, 0) is 70.5 Å². The van der Waals surface area contributed by atoms with Crippen LogP contribution in [-0.2, 0) is 19.7 Å². The van der Waals surface area contributed by atoms with E-state index in [2.05, 4.69) is 26.2 Å². The lowest BCUT2D eigenvalue weighted by Gasteiger charge is -2.14. The van der Waals surface area contributed by atoms with Crippen molar-refractivity contribution in [2.75, 3.05) is 6.61 Å². The summed E-state index contributed by atoms with van der Waals surface area (Å²) < 4.78 is 36.5. The Morgan fingerprint density at radius 2 is 1.97 bits per heavy atom. The second-order valence-electron chi connectivity index (χ2n) is 6.57. The fourth-order valence-electron chi connectivity index (χ4n) is 2.67. The van der Waals surface area contributed by atoms with Gasteiger partial charge in [-0.3, -0.25) is 19.7 Å². The first-order valence-corrected chi connectivity index (χ1v) is 12.5. The number of amidine groups is 1. The number of thioether (sulfide) groups is 1. The molecule has 0 spiro atoms. The predicted octanol–water partition coefficient (Wildman–Crippen LogP) is 3.63. The number of carbonyl (C=O) groups excluding carboxylic acids is 2. The Morgan fingerprint density at radius 3 is 2.56 bits per heavy atom. The van der Waals surface area contributed by atoms with Crippen molar-refractivity contribution < 1.29 is 31.9 Å². The van der Waals surface area contributed by atoms with Crippen molar-refractivity contribution in [2.24, 2.45) is 4.99 Å². The Hall–Kier alpha value is -3.23. The fraction of sp³-hybridized carbons (Fsp3) is 0.150. The molecule has 11 nitrogen and oxygen atoms in total. The van der Waals surface area contributed by atoms with Gasteiger partial charge in [0.2, 0.25) is 5.91 Å². The summed E-state index contributed by atoms with van der Waals surface area (Å²) in [6.07, 6.45) is 1.51. The van der Waals surface area contributed by atoms with E-state index in [1.165, 1.54) is 25.1 Å². The molecule has 0 aromatic heterocycles. The molecular weight excluding hydrogens is 554 g/mol. The number of carbonyl (C=O) groups is 2. The number of ether oxygens (including phenoxy) is 1. The number of hydrogen-bond donors (Lipinski definition) is 1. The Bertz CT molecular complexity index is 1340. The molecule has 2 aromatic rings. The zero-order chi connectivity index (χ0) is 25.0. The second-order valence-corrected chi connectivity index (χ2v) is 10.00. The lowest BCUT2D eigenvalue weighted by molar-refractivity contribution is -0.384. The highest BCUT2D eigenvalue weighted by Gasteiger charge is 2.25. The normalized spacial score (nSPS) is 14.6. The number of amides is 2. The molecule has 0 saturated carbocycles. The summed E-state index contributed by atoms with van der Waals surface area (Å²) in [7, 11) is -4.35. The van der Waals surface area contributed by atoms with Crippen LogP contribution in [0.15, 0.2) is 55.7 Å². The third kappa shape index (κ3) is 6.01. The minimum absolute atomic E-state index is 0.0765. The van der Waals surface area contributed by atoms with Crippen molar-refractivity contribution in [1.29, 1.82) is 0 Å². The monoisotopic (exact) mass is 569 g/mol. The maximum absolute atomic E-state index is 12.7. The van der Waals surface area contributed by atoms with Crippen LogP contribution in [0.3, 0.4) is 0 Å². The standard InChI is InChI=1S/C20H16BrN3O8S2/c1-3-31-16-9-12(10-17-19(26)23-20(33-17)22-11(2)25)8-15(21)18(16)32-34(29,30)14-6-4-13(5-7-14)24(27)28/h4-10H,3H2,1-2H3,(H,22,23,25,26). The van der Waals surface area contributed by atoms with Gasteiger partial charge in [0, 0.05) is 19.1 Å². The zero-order valence-corrected chi connectivity index (χ0v) is 20.8. The van der Waals surface area contributed by atoms with Gasteiger partial charge in [0.05, 0.1) is 20.9 Å². The van der Waals surface area contributed by atoms with Gasteiger partial charge in [-0.25, -0.2) is 0 Å². The Labute approximate surface area is 206 Å². The Morgan fingerprint density at radius 1 is 1.29 bits per heavy atom. The fourth-order valence-corrected chi connectivity index (χ4v) is 5.14.